The fraction of sp³-hybridized carbons (Fsp3) is 0.870. The van der Waals surface area contributed by atoms with Gasteiger partial charge in [0, 0.05) is 0 Å². The Bertz CT molecular complexity index is 916. The van der Waals surface area contributed by atoms with Gasteiger partial charge in [0.15, 0.2) is 0 Å². The first-order chi connectivity index (χ1) is 29.1. The second kappa shape index (κ2) is 49.2. The van der Waals surface area contributed by atoms with Crippen molar-refractivity contribution in [2.24, 2.45) is 0 Å². The predicted octanol–water partition coefficient (Wildman–Crippen LogP) is 15.9. The predicted molar refractivity (Wildman–Crippen MR) is 259 cm³/mol. The van der Waals surface area contributed by atoms with Crippen LogP contribution in [0.4, 0.5) is 0 Å². The molecular formula is C54H103NO4. The summed E-state index contributed by atoms with van der Waals surface area (Å²) in [6, 6.07) is -0.812. The summed E-state index contributed by atoms with van der Waals surface area (Å²) in [6.07, 6.45) is 63.8. The molecule has 0 radical (unpaired) electrons. The third kappa shape index (κ3) is 44.4. The maximum atomic E-state index is 12.5. The first-order valence-electron chi connectivity index (χ1n) is 26.3. The number of amides is 1. The van der Waals surface area contributed by atoms with Crippen molar-refractivity contribution >= 4 is 5.91 Å². The van der Waals surface area contributed by atoms with Crippen LogP contribution in [0.5, 0.6) is 0 Å². The highest BCUT2D eigenvalue weighted by Gasteiger charge is 2.22. The van der Waals surface area contributed by atoms with Crippen LogP contribution >= 0.6 is 0 Å². The van der Waals surface area contributed by atoms with Gasteiger partial charge in [0.25, 0.3) is 0 Å². The quantitative estimate of drug-likeness (QED) is 0.0363. The highest BCUT2D eigenvalue weighted by molar-refractivity contribution is 5.80. The molecule has 0 rings (SSSR count). The highest BCUT2D eigenvalue weighted by Crippen LogP contribution is 2.17. The van der Waals surface area contributed by atoms with E-state index in [9.17, 15) is 20.1 Å². The minimum atomic E-state index is -1.10. The molecule has 0 aliphatic rings. The number of carbonyl (C=O) groups is 1. The molecule has 4 N–H and O–H groups in total. The maximum Gasteiger partial charge on any atom is 0.249 e. The van der Waals surface area contributed by atoms with Crippen molar-refractivity contribution in [2.45, 2.75) is 295 Å². The largest absolute Gasteiger partial charge is 0.394 e. The first kappa shape index (κ1) is 57.6. The molecule has 0 aromatic heterocycles. The summed E-state index contributed by atoms with van der Waals surface area (Å²) in [4.78, 5) is 12.5. The molecule has 3 unspecified atom stereocenters. The Hall–Kier alpha value is -1.43. The number of aliphatic hydroxyl groups is 3. The lowest BCUT2D eigenvalue weighted by Gasteiger charge is -2.21. The molecule has 0 aromatic rings. The molecular weight excluding hydrogens is 727 g/mol. The number of unbranched alkanes of at least 4 members (excludes halogenated alkanes) is 36. The fourth-order valence-corrected chi connectivity index (χ4v) is 8.08. The van der Waals surface area contributed by atoms with E-state index in [0.29, 0.717) is 6.42 Å². The number of rotatable bonds is 48. The zero-order chi connectivity index (χ0) is 43.0. The minimum absolute atomic E-state index is 0.375. The molecule has 0 heterocycles. The van der Waals surface area contributed by atoms with E-state index in [2.05, 4.69) is 43.5 Å². The SMILES string of the molecule is CCCCCCC/C=C/CC/C=C/C(O)C(CO)NC(=O)C(O)CCCCCCCCCCCCCCCCCC/C=C\CCCCCCCCCCCCCCCC. The minimum Gasteiger partial charge on any atom is -0.394 e. The van der Waals surface area contributed by atoms with Gasteiger partial charge < -0.3 is 20.6 Å². The Labute approximate surface area is 368 Å². The van der Waals surface area contributed by atoms with E-state index >= 15 is 0 Å². The highest BCUT2D eigenvalue weighted by atomic mass is 16.3. The smallest absolute Gasteiger partial charge is 0.249 e. The third-order valence-electron chi connectivity index (χ3n) is 12.2. The molecule has 0 aromatic carbocycles. The van der Waals surface area contributed by atoms with Crippen LogP contribution in [0.15, 0.2) is 36.5 Å². The molecule has 3 atom stereocenters. The van der Waals surface area contributed by atoms with Crippen molar-refractivity contribution in [3.05, 3.63) is 36.5 Å². The van der Waals surface area contributed by atoms with Crippen LogP contribution in [-0.4, -0.2) is 46.1 Å². The van der Waals surface area contributed by atoms with Gasteiger partial charge in [-0.15, -0.1) is 0 Å². The first-order valence-corrected chi connectivity index (χ1v) is 26.3. The average molecular weight is 830 g/mol. The summed E-state index contributed by atoms with van der Waals surface area (Å²) in [6.45, 7) is 4.16. The van der Waals surface area contributed by atoms with E-state index < -0.39 is 24.2 Å². The van der Waals surface area contributed by atoms with Gasteiger partial charge >= 0.3 is 0 Å². The summed E-state index contributed by atoms with van der Waals surface area (Å²) in [5.41, 5.74) is 0. The van der Waals surface area contributed by atoms with E-state index in [0.717, 1.165) is 38.5 Å². The average Bonchev–Trinajstić information content (AvgIpc) is 3.24. The molecule has 0 saturated carbocycles. The zero-order valence-electron chi connectivity index (χ0n) is 39.6. The molecule has 5 heteroatoms. The Balaban J connectivity index is 3.48. The lowest BCUT2D eigenvalue weighted by atomic mass is 10.0. The van der Waals surface area contributed by atoms with Crippen molar-refractivity contribution in [3.8, 4) is 0 Å². The summed E-state index contributed by atoms with van der Waals surface area (Å²) in [5.74, 6) is -0.512. The third-order valence-corrected chi connectivity index (χ3v) is 12.2. The monoisotopic (exact) mass is 830 g/mol. The van der Waals surface area contributed by atoms with E-state index in [1.807, 2.05) is 6.08 Å². The molecule has 348 valence electrons. The van der Waals surface area contributed by atoms with E-state index in [1.54, 1.807) is 6.08 Å². The van der Waals surface area contributed by atoms with Crippen molar-refractivity contribution in [1.29, 1.82) is 0 Å². The molecule has 59 heavy (non-hydrogen) atoms. The molecule has 0 aliphatic heterocycles. The van der Waals surface area contributed by atoms with Gasteiger partial charge in [-0.25, -0.2) is 0 Å². The van der Waals surface area contributed by atoms with E-state index in [1.165, 1.54) is 218 Å². The van der Waals surface area contributed by atoms with Crippen LogP contribution in [-0.2, 0) is 4.79 Å². The van der Waals surface area contributed by atoms with Gasteiger partial charge in [0.1, 0.15) is 6.10 Å². The van der Waals surface area contributed by atoms with Gasteiger partial charge in [-0.2, -0.15) is 0 Å². The Morgan fingerprint density at radius 1 is 0.407 bits per heavy atom. The molecule has 1 amide bonds. The molecule has 5 nitrogen and oxygen atoms in total. The number of aliphatic hydroxyl groups excluding tert-OH is 3. The van der Waals surface area contributed by atoms with Crippen molar-refractivity contribution < 1.29 is 20.1 Å². The van der Waals surface area contributed by atoms with E-state index in [-0.39, 0.29) is 6.61 Å². The number of nitrogens with one attached hydrogen (secondary N) is 1. The second-order valence-electron chi connectivity index (χ2n) is 18.1. The van der Waals surface area contributed by atoms with Gasteiger partial charge in [0.05, 0.1) is 18.8 Å². The zero-order valence-corrected chi connectivity index (χ0v) is 39.6. The summed E-state index contributed by atoms with van der Waals surface area (Å²) in [7, 11) is 0. The second-order valence-corrected chi connectivity index (χ2v) is 18.1. The van der Waals surface area contributed by atoms with Crippen LogP contribution in [0.2, 0.25) is 0 Å². The molecule has 0 saturated heterocycles. The molecule has 0 spiro atoms. The maximum absolute atomic E-state index is 12.5. The van der Waals surface area contributed by atoms with Crippen molar-refractivity contribution in [1.82, 2.24) is 5.32 Å². The van der Waals surface area contributed by atoms with Crippen LogP contribution < -0.4 is 5.32 Å². The van der Waals surface area contributed by atoms with Crippen LogP contribution in [0.3, 0.4) is 0 Å². The molecule has 0 bridgehead atoms. The van der Waals surface area contributed by atoms with Gasteiger partial charge in [0.2, 0.25) is 5.91 Å². The summed E-state index contributed by atoms with van der Waals surface area (Å²) in [5, 5.41) is 33.1. The van der Waals surface area contributed by atoms with Crippen molar-refractivity contribution in [3.63, 3.8) is 0 Å². The lowest BCUT2D eigenvalue weighted by Crippen LogP contribution is -2.48. The lowest BCUT2D eigenvalue weighted by molar-refractivity contribution is -0.131. The van der Waals surface area contributed by atoms with Crippen LogP contribution in [0, 0.1) is 0 Å². The molecule has 0 fully saturated rings. The molecule has 0 aliphatic carbocycles. The number of hydrogen-bond acceptors (Lipinski definition) is 4. The Morgan fingerprint density at radius 3 is 1.03 bits per heavy atom. The van der Waals surface area contributed by atoms with Crippen LogP contribution in [0.25, 0.3) is 0 Å². The fourth-order valence-electron chi connectivity index (χ4n) is 8.08. The van der Waals surface area contributed by atoms with E-state index in [4.69, 9.17) is 0 Å². The van der Waals surface area contributed by atoms with Crippen LogP contribution in [0.1, 0.15) is 277 Å². The number of allylic oxidation sites excluding steroid dienone is 5. The standard InChI is InChI=1S/C54H103NO4/c1-3-5-7-9-11-13-15-16-17-18-19-20-21-22-23-24-25-26-27-28-29-30-31-32-33-34-35-36-37-39-41-43-45-47-49-53(58)54(59)55-51(50-56)52(57)48-46-44-42-40-38-14-12-10-8-6-4-2/h24-25,38,40,46,48,51-53,56-58H,3-23,26-37,39,41-45,47,49-50H2,1-2H3,(H,55,59)/b25-24-,40-38+,48-46+. The summed E-state index contributed by atoms with van der Waals surface area (Å²) >= 11 is 0. The van der Waals surface area contributed by atoms with Crippen molar-refractivity contribution in [2.75, 3.05) is 6.61 Å². The van der Waals surface area contributed by atoms with Gasteiger partial charge in [-0.05, 0) is 57.8 Å². The number of hydrogen-bond donors (Lipinski definition) is 4. The Kier molecular flexibility index (Phi) is 48.0. The number of carbonyl (C=O) groups excluding carboxylic acids is 1. The normalized spacial score (nSPS) is 13.6. The topological polar surface area (TPSA) is 89.8 Å². The summed E-state index contributed by atoms with van der Waals surface area (Å²) < 4.78 is 0. The Morgan fingerprint density at radius 2 is 0.695 bits per heavy atom. The van der Waals surface area contributed by atoms with Gasteiger partial charge in [-0.3, -0.25) is 4.79 Å². The van der Waals surface area contributed by atoms with Gasteiger partial charge in [-0.1, -0.05) is 256 Å².